The zero-order valence-corrected chi connectivity index (χ0v) is 14.5. The Morgan fingerprint density at radius 1 is 1.15 bits per heavy atom. The van der Waals surface area contributed by atoms with E-state index in [4.69, 9.17) is 0 Å². The van der Waals surface area contributed by atoms with Crippen LogP contribution in [0.1, 0.15) is 5.56 Å². The van der Waals surface area contributed by atoms with Crippen molar-refractivity contribution in [3.8, 4) is 11.5 Å². The Bertz CT molecular complexity index is 959. The van der Waals surface area contributed by atoms with Gasteiger partial charge >= 0.3 is 0 Å². The summed E-state index contributed by atoms with van der Waals surface area (Å²) in [4.78, 5) is 37.3. The maximum Gasteiger partial charge on any atom is 0.294 e. The quantitative estimate of drug-likeness (QED) is 0.696. The molecule has 0 radical (unpaired) electrons. The lowest BCUT2D eigenvalue weighted by Gasteiger charge is -2.12. The lowest BCUT2D eigenvalue weighted by atomic mass is 10.1. The van der Waals surface area contributed by atoms with E-state index in [0.29, 0.717) is 17.4 Å². The molecule has 7 nitrogen and oxygen atoms in total. The molecule has 3 rings (SSSR count). The number of imide groups is 1. The van der Waals surface area contributed by atoms with Crippen LogP contribution in [0.5, 0.6) is 11.5 Å². The Morgan fingerprint density at radius 2 is 1.85 bits per heavy atom. The average molecular weight is 388 g/mol. The van der Waals surface area contributed by atoms with E-state index in [1.807, 2.05) is 0 Å². The minimum Gasteiger partial charge on any atom is -0.508 e. The van der Waals surface area contributed by atoms with E-state index >= 15 is 0 Å². The van der Waals surface area contributed by atoms with E-state index in [9.17, 15) is 29.0 Å². The van der Waals surface area contributed by atoms with Crippen LogP contribution in [0.25, 0.3) is 6.08 Å². The number of carbonyl (C=O) groups is 3. The summed E-state index contributed by atoms with van der Waals surface area (Å²) in [6.45, 7) is -0.499. The van der Waals surface area contributed by atoms with Gasteiger partial charge in [-0.3, -0.25) is 19.3 Å². The molecule has 0 aromatic heterocycles. The van der Waals surface area contributed by atoms with Gasteiger partial charge < -0.3 is 15.5 Å². The van der Waals surface area contributed by atoms with Gasteiger partial charge in [0.1, 0.15) is 23.9 Å². The molecule has 138 valence electrons. The van der Waals surface area contributed by atoms with Gasteiger partial charge in [0.25, 0.3) is 11.1 Å². The maximum atomic E-state index is 12.9. The van der Waals surface area contributed by atoms with E-state index in [1.54, 1.807) is 0 Å². The van der Waals surface area contributed by atoms with Gasteiger partial charge in [-0.05, 0) is 54.2 Å². The number of benzene rings is 2. The Morgan fingerprint density at radius 3 is 2.52 bits per heavy atom. The number of nitrogens with zero attached hydrogens (tertiary/aromatic N) is 1. The number of hydrogen-bond donors (Lipinski definition) is 3. The van der Waals surface area contributed by atoms with Crippen molar-refractivity contribution < 1.29 is 29.0 Å². The summed E-state index contributed by atoms with van der Waals surface area (Å²) in [5.74, 6) is -2.14. The highest BCUT2D eigenvalue weighted by atomic mass is 32.2. The van der Waals surface area contributed by atoms with E-state index < -0.39 is 29.4 Å². The van der Waals surface area contributed by atoms with Gasteiger partial charge in [0.2, 0.25) is 5.91 Å². The second kappa shape index (κ2) is 7.50. The average Bonchev–Trinajstić information content (AvgIpc) is 2.87. The van der Waals surface area contributed by atoms with Crippen molar-refractivity contribution in [3.05, 3.63) is 58.8 Å². The van der Waals surface area contributed by atoms with E-state index in [0.717, 1.165) is 11.0 Å². The van der Waals surface area contributed by atoms with Crippen molar-refractivity contribution in [1.29, 1.82) is 0 Å². The first-order valence-electron chi connectivity index (χ1n) is 7.66. The number of phenolic OH excluding ortho intramolecular Hbond substituents is 2. The first-order chi connectivity index (χ1) is 12.8. The largest absolute Gasteiger partial charge is 0.508 e. The SMILES string of the molecule is O=C(CN1C(=O)S/C(=C\c2ccc(O)cc2O)C1=O)Nc1ccc(F)cc1. The van der Waals surface area contributed by atoms with Crippen molar-refractivity contribution >= 4 is 40.6 Å². The smallest absolute Gasteiger partial charge is 0.294 e. The van der Waals surface area contributed by atoms with Gasteiger partial charge in [-0.25, -0.2) is 4.39 Å². The number of nitrogens with one attached hydrogen (secondary N) is 1. The fraction of sp³-hybridized carbons (Fsp3) is 0.0556. The predicted octanol–water partition coefficient (Wildman–Crippen LogP) is 2.91. The Hall–Kier alpha value is -3.33. The Balaban J connectivity index is 1.71. The molecule has 0 saturated carbocycles. The van der Waals surface area contributed by atoms with E-state index in [1.165, 1.54) is 42.5 Å². The summed E-state index contributed by atoms with van der Waals surface area (Å²) in [7, 11) is 0. The summed E-state index contributed by atoms with van der Waals surface area (Å²) in [6, 6.07) is 8.87. The molecule has 1 aliphatic rings. The summed E-state index contributed by atoms with van der Waals surface area (Å²) in [5.41, 5.74) is 0.576. The molecule has 1 heterocycles. The molecule has 0 spiro atoms. The molecule has 9 heteroatoms. The van der Waals surface area contributed by atoms with Crippen molar-refractivity contribution in [1.82, 2.24) is 4.90 Å². The molecule has 0 unspecified atom stereocenters. The summed E-state index contributed by atoms with van der Waals surface area (Å²) in [5, 5.41) is 20.9. The number of phenols is 2. The van der Waals surface area contributed by atoms with Crippen LogP contribution in [-0.2, 0) is 9.59 Å². The predicted molar refractivity (Wildman–Crippen MR) is 97.5 cm³/mol. The van der Waals surface area contributed by atoms with E-state index in [2.05, 4.69) is 5.32 Å². The number of rotatable bonds is 4. The standard InChI is InChI=1S/C18H13FN2O5S/c19-11-2-4-12(5-3-11)20-16(24)9-21-17(25)15(27-18(21)26)7-10-1-6-13(22)8-14(10)23/h1-8,22-23H,9H2,(H,20,24)/b15-7-. The Kier molecular flexibility index (Phi) is 5.13. The number of carbonyl (C=O) groups excluding carboxylic acids is 3. The second-order valence-electron chi connectivity index (χ2n) is 5.57. The molecule has 1 aliphatic heterocycles. The zero-order chi connectivity index (χ0) is 19.6. The molecular weight excluding hydrogens is 375 g/mol. The molecular formula is C18H13FN2O5S. The normalized spacial score (nSPS) is 15.4. The number of halogens is 1. The number of hydrogen-bond acceptors (Lipinski definition) is 6. The van der Waals surface area contributed by atoms with Crippen LogP contribution in [0.2, 0.25) is 0 Å². The highest BCUT2D eigenvalue weighted by Crippen LogP contribution is 2.34. The van der Waals surface area contributed by atoms with Crippen molar-refractivity contribution in [3.63, 3.8) is 0 Å². The minimum absolute atomic E-state index is 0.0376. The first kappa shape index (κ1) is 18.5. The molecule has 27 heavy (non-hydrogen) atoms. The van der Waals surface area contributed by atoms with Crippen LogP contribution >= 0.6 is 11.8 Å². The highest BCUT2D eigenvalue weighted by molar-refractivity contribution is 8.18. The third kappa shape index (κ3) is 4.26. The first-order valence-corrected chi connectivity index (χ1v) is 8.48. The number of amides is 3. The summed E-state index contributed by atoms with van der Waals surface area (Å²) < 4.78 is 12.9. The Labute approximate surface area is 157 Å². The third-order valence-corrected chi connectivity index (χ3v) is 4.51. The van der Waals surface area contributed by atoms with Crippen LogP contribution in [0.4, 0.5) is 14.9 Å². The molecule has 3 amide bonds. The van der Waals surface area contributed by atoms with Crippen molar-refractivity contribution in [2.75, 3.05) is 11.9 Å². The fourth-order valence-corrected chi connectivity index (χ4v) is 3.14. The maximum absolute atomic E-state index is 12.9. The number of anilines is 1. The molecule has 2 aromatic carbocycles. The second-order valence-corrected chi connectivity index (χ2v) is 6.56. The van der Waals surface area contributed by atoms with Crippen LogP contribution in [0, 0.1) is 5.82 Å². The van der Waals surface area contributed by atoms with Gasteiger partial charge in [-0.15, -0.1) is 0 Å². The lowest BCUT2D eigenvalue weighted by Crippen LogP contribution is -2.36. The van der Waals surface area contributed by atoms with Crippen molar-refractivity contribution in [2.24, 2.45) is 0 Å². The van der Waals surface area contributed by atoms with Crippen molar-refractivity contribution in [2.45, 2.75) is 0 Å². The minimum atomic E-state index is -0.674. The van der Waals surface area contributed by atoms with Gasteiger partial charge in [0.15, 0.2) is 0 Å². The zero-order valence-electron chi connectivity index (χ0n) is 13.7. The van der Waals surface area contributed by atoms with Crippen LogP contribution < -0.4 is 5.32 Å². The fourth-order valence-electron chi connectivity index (χ4n) is 2.31. The van der Waals surface area contributed by atoms with Gasteiger partial charge in [0.05, 0.1) is 4.91 Å². The van der Waals surface area contributed by atoms with Crippen LogP contribution in [0.15, 0.2) is 47.4 Å². The summed E-state index contributed by atoms with van der Waals surface area (Å²) in [6.07, 6.45) is 1.30. The van der Waals surface area contributed by atoms with Crippen LogP contribution in [-0.4, -0.2) is 38.7 Å². The molecule has 1 fully saturated rings. The monoisotopic (exact) mass is 388 g/mol. The summed E-state index contributed by atoms with van der Waals surface area (Å²) >= 11 is 0.635. The highest BCUT2D eigenvalue weighted by Gasteiger charge is 2.36. The van der Waals surface area contributed by atoms with Gasteiger partial charge in [-0.1, -0.05) is 0 Å². The molecule has 3 N–H and O–H groups in total. The topological polar surface area (TPSA) is 107 Å². The molecule has 2 aromatic rings. The molecule has 1 saturated heterocycles. The van der Waals surface area contributed by atoms with Crippen LogP contribution in [0.3, 0.4) is 0 Å². The number of thioether (sulfide) groups is 1. The third-order valence-electron chi connectivity index (χ3n) is 3.60. The molecule has 0 atom stereocenters. The lowest BCUT2D eigenvalue weighted by molar-refractivity contribution is -0.127. The molecule has 0 bridgehead atoms. The van der Waals surface area contributed by atoms with Gasteiger partial charge in [-0.2, -0.15) is 0 Å². The molecule has 0 aliphatic carbocycles. The van der Waals surface area contributed by atoms with E-state index in [-0.39, 0.29) is 22.0 Å². The van der Waals surface area contributed by atoms with Gasteiger partial charge in [0, 0.05) is 17.3 Å². The number of aromatic hydroxyl groups is 2.